The Bertz CT molecular complexity index is 298. The van der Waals surface area contributed by atoms with Crippen molar-refractivity contribution in [2.45, 2.75) is 64.1 Å². The molecule has 104 valence electrons. The van der Waals surface area contributed by atoms with Gasteiger partial charge in [0.05, 0.1) is 13.2 Å². The minimum atomic E-state index is -0.281. The zero-order valence-corrected chi connectivity index (χ0v) is 10.9. The summed E-state index contributed by atoms with van der Waals surface area (Å²) < 4.78 is 33.9. The minimum absolute atomic E-state index is 0.102. The molecule has 7 atom stereocenters. The van der Waals surface area contributed by atoms with Crippen LogP contribution in [0.4, 0.5) is 0 Å². The standard InChI is InChI=1S/C12H20O6/c1-6-13-4-9(15-6)12-11-10(16-8(3)18-12)5-14-7(2)17-11/h6-12H,4-5H2,1-3H3. The Morgan fingerprint density at radius 2 is 1.06 bits per heavy atom. The lowest BCUT2D eigenvalue weighted by Crippen LogP contribution is -2.60. The minimum Gasteiger partial charge on any atom is -0.350 e. The van der Waals surface area contributed by atoms with E-state index in [0.717, 1.165) is 0 Å². The third-order valence-corrected chi connectivity index (χ3v) is 3.48. The molecule has 3 heterocycles. The fraction of sp³-hybridized carbons (Fsp3) is 1.00. The van der Waals surface area contributed by atoms with Gasteiger partial charge in [-0.1, -0.05) is 0 Å². The maximum absolute atomic E-state index is 5.83. The van der Waals surface area contributed by atoms with Crippen LogP contribution >= 0.6 is 0 Å². The molecule has 0 spiro atoms. The maximum Gasteiger partial charge on any atom is 0.156 e. The number of rotatable bonds is 1. The number of hydrogen-bond donors (Lipinski definition) is 0. The molecule has 3 aliphatic rings. The second kappa shape index (κ2) is 5.03. The van der Waals surface area contributed by atoms with E-state index in [4.69, 9.17) is 28.4 Å². The van der Waals surface area contributed by atoms with Crippen molar-refractivity contribution in [1.29, 1.82) is 0 Å². The molecule has 0 saturated carbocycles. The summed E-state index contributed by atoms with van der Waals surface area (Å²) in [4.78, 5) is 0. The maximum atomic E-state index is 5.83. The monoisotopic (exact) mass is 260 g/mol. The molecular formula is C12H20O6. The zero-order chi connectivity index (χ0) is 12.7. The van der Waals surface area contributed by atoms with Crippen LogP contribution in [0.25, 0.3) is 0 Å². The highest BCUT2D eigenvalue weighted by Gasteiger charge is 2.48. The van der Waals surface area contributed by atoms with E-state index in [1.807, 2.05) is 20.8 Å². The highest BCUT2D eigenvalue weighted by atomic mass is 16.8. The summed E-state index contributed by atoms with van der Waals surface area (Å²) in [5.74, 6) is 0. The molecule has 3 rings (SSSR count). The van der Waals surface area contributed by atoms with Crippen LogP contribution in [0.15, 0.2) is 0 Å². The molecule has 18 heavy (non-hydrogen) atoms. The van der Waals surface area contributed by atoms with Crippen LogP contribution < -0.4 is 0 Å². The zero-order valence-electron chi connectivity index (χ0n) is 10.9. The first kappa shape index (κ1) is 12.8. The van der Waals surface area contributed by atoms with Crippen LogP contribution in [0.3, 0.4) is 0 Å². The molecule has 0 N–H and O–H groups in total. The molecule has 3 aliphatic heterocycles. The van der Waals surface area contributed by atoms with E-state index in [9.17, 15) is 0 Å². The topological polar surface area (TPSA) is 55.4 Å². The highest BCUT2D eigenvalue weighted by molar-refractivity contribution is 4.91. The third-order valence-electron chi connectivity index (χ3n) is 3.48. The summed E-state index contributed by atoms with van der Waals surface area (Å²) in [5, 5.41) is 0. The van der Waals surface area contributed by atoms with E-state index in [1.165, 1.54) is 0 Å². The Balaban J connectivity index is 1.73. The molecule has 0 radical (unpaired) electrons. The van der Waals surface area contributed by atoms with Gasteiger partial charge < -0.3 is 28.4 Å². The fourth-order valence-corrected chi connectivity index (χ4v) is 2.68. The summed E-state index contributed by atoms with van der Waals surface area (Å²) in [5.41, 5.74) is 0. The summed E-state index contributed by atoms with van der Waals surface area (Å²) in [6.45, 7) is 6.69. The van der Waals surface area contributed by atoms with Crippen molar-refractivity contribution < 1.29 is 28.4 Å². The summed E-state index contributed by atoms with van der Waals surface area (Å²) in [7, 11) is 0. The van der Waals surface area contributed by atoms with Crippen molar-refractivity contribution >= 4 is 0 Å². The predicted octanol–water partition coefficient (Wildman–Crippen LogP) is 0.639. The Morgan fingerprint density at radius 3 is 1.61 bits per heavy atom. The van der Waals surface area contributed by atoms with E-state index in [0.29, 0.717) is 13.2 Å². The first-order valence-corrected chi connectivity index (χ1v) is 6.48. The van der Waals surface area contributed by atoms with Gasteiger partial charge in [0.1, 0.15) is 24.4 Å². The van der Waals surface area contributed by atoms with Gasteiger partial charge >= 0.3 is 0 Å². The van der Waals surface area contributed by atoms with Crippen LogP contribution in [0.1, 0.15) is 20.8 Å². The Labute approximate surface area is 106 Å². The Hall–Kier alpha value is -0.240. The molecule has 7 unspecified atom stereocenters. The summed E-state index contributed by atoms with van der Waals surface area (Å²) in [6.07, 6.45) is -1.25. The summed E-state index contributed by atoms with van der Waals surface area (Å²) >= 11 is 0. The van der Waals surface area contributed by atoms with E-state index >= 15 is 0 Å². The van der Waals surface area contributed by atoms with E-state index < -0.39 is 0 Å². The molecule has 0 aromatic rings. The van der Waals surface area contributed by atoms with Crippen LogP contribution in [0.2, 0.25) is 0 Å². The lowest BCUT2D eigenvalue weighted by atomic mass is 10.0. The Kier molecular flexibility index (Phi) is 3.57. The van der Waals surface area contributed by atoms with Gasteiger partial charge in [-0.3, -0.25) is 0 Å². The van der Waals surface area contributed by atoms with Crippen LogP contribution in [0, 0.1) is 0 Å². The van der Waals surface area contributed by atoms with Crippen molar-refractivity contribution in [3.63, 3.8) is 0 Å². The van der Waals surface area contributed by atoms with Gasteiger partial charge in [-0.15, -0.1) is 0 Å². The van der Waals surface area contributed by atoms with Gasteiger partial charge in [0.2, 0.25) is 0 Å². The fourth-order valence-electron chi connectivity index (χ4n) is 2.68. The smallest absolute Gasteiger partial charge is 0.156 e. The van der Waals surface area contributed by atoms with Gasteiger partial charge in [0, 0.05) is 0 Å². The van der Waals surface area contributed by atoms with Gasteiger partial charge in [-0.25, -0.2) is 0 Å². The molecule has 0 aromatic heterocycles. The average molecular weight is 260 g/mol. The lowest BCUT2D eigenvalue weighted by Gasteiger charge is -2.45. The average Bonchev–Trinajstić information content (AvgIpc) is 2.75. The number of ether oxygens (including phenoxy) is 6. The molecule has 0 amide bonds. The number of hydrogen-bond acceptors (Lipinski definition) is 6. The van der Waals surface area contributed by atoms with Crippen molar-refractivity contribution in [3.8, 4) is 0 Å². The quantitative estimate of drug-likeness (QED) is 0.689. The SMILES string of the molecule is CC1OCC(C2OC(C)OC3COC(C)OC32)O1. The molecule has 0 aromatic carbocycles. The van der Waals surface area contributed by atoms with E-state index in [1.54, 1.807) is 0 Å². The second-order valence-corrected chi connectivity index (χ2v) is 4.92. The first-order valence-electron chi connectivity index (χ1n) is 6.48. The van der Waals surface area contributed by atoms with Crippen molar-refractivity contribution in [1.82, 2.24) is 0 Å². The molecule has 0 bridgehead atoms. The van der Waals surface area contributed by atoms with Crippen molar-refractivity contribution in [2.24, 2.45) is 0 Å². The Morgan fingerprint density at radius 1 is 0.611 bits per heavy atom. The van der Waals surface area contributed by atoms with Gasteiger partial charge in [-0.05, 0) is 20.8 Å². The van der Waals surface area contributed by atoms with Crippen molar-refractivity contribution in [2.75, 3.05) is 13.2 Å². The molecule has 6 nitrogen and oxygen atoms in total. The van der Waals surface area contributed by atoms with E-state index in [-0.39, 0.29) is 43.3 Å². The predicted molar refractivity (Wildman–Crippen MR) is 59.8 cm³/mol. The number of fused-ring (bicyclic) bond motifs is 1. The molecule has 6 heteroatoms. The first-order chi connectivity index (χ1) is 8.63. The molecular weight excluding hydrogens is 240 g/mol. The normalized spacial score (nSPS) is 53.2. The summed E-state index contributed by atoms with van der Waals surface area (Å²) in [6, 6.07) is 0. The second-order valence-electron chi connectivity index (χ2n) is 4.92. The van der Waals surface area contributed by atoms with Crippen molar-refractivity contribution in [3.05, 3.63) is 0 Å². The highest BCUT2D eigenvalue weighted by Crippen LogP contribution is 2.31. The molecule has 3 saturated heterocycles. The van der Waals surface area contributed by atoms with E-state index in [2.05, 4.69) is 0 Å². The molecule has 0 aliphatic carbocycles. The largest absolute Gasteiger partial charge is 0.350 e. The third kappa shape index (κ3) is 2.41. The van der Waals surface area contributed by atoms with Gasteiger partial charge in [0.15, 0.2) is 18.9 Å². The van der Waals surface area contributed by atoms with Gasteiger partial charge in [0.25, 0.3) is 0 Å². The molecule has 3 fully saturated rings. The lowest BCUT2D eigenvalue weighted by molar-refractivity contribution is -0.360. The van der Waals surface area contributed by atoms with Crippen LogP contribution in [-0.2, 0) is 28.4 Å². The van der Waals surface area contributed by atoms with Gasteiger partial charge in [-0.2, -0.15) is 0 Å². The van der Waals surface area contributed by atoms with Crippen LogP contribution in [-0.4, -0.2) is 56.5 Å². The van der Waals surface area contributed by atoms with Crippen LogP contribution in [0.5, 0.6) is 0 Å².